The van der Waals surface area contributed by atoms with Crippen molar-refractivity contribution in [1.82, 2.24) is 4.57 Å². The number of sulfone groups is 1. The molecular formula is C20H21FN2O4S2. The molecular weight excluding hydrogens is 415 g/mol. The van der Waals surface area contributed by atoms with Gasteiger partial charge in [-0.3, -0.25) is 4.79 Å². The number of hydrogen-bond acceptors (Lipinski definition) is 5. The van der Waals surface area contributed by atoms with Crippen molar-refractivity contribution in [2.75, 3.05) is 19.0 Å². The zero-order valence-electron chi connectivity index (χ0n) is 16.1. The molecule has 29 heavy (non-hydrogen) atoms. The van der Waals surface area contributed by atoms with E-state index in [1.54, 1.807) is 23.6 Å². The monoisotopic (exact) mass is 436 g/mol. The van der Waals surface area contributed by atoms with Crippen LogP contribution in [0.1, 0.15) is 24.2 Å². The fourth-order valence-electron chi connectivity index (χ4n) is 2.82. The minimum Gasteiger partial charge on any atom is -0.380 e. The summed E-state index contributed by atoms with van der Waals surface area (Å²) < 4.78 is 46.2. The Hall–Kier alpha value is -2.36. The largest absolute Gasteiger partial charge is 0.380 e. The van der Waals surface area contributed by atoms with Gasteiger partial charge in [0.1, 0.15) is 5.82 Å². The first-order chi connectivity index (χ1) is 13.9. The van der Waals surface area contributed by atoms with E-state index in [2.05, 4.69) is 4.99 Å². The van der Waals surface area contributed by atoms with Crippen molar-refractivity contribution in [3.8, 4) is 0 Å². The van der Waals surface area contributed by atoms with Crippen LogP contribution in [0.2, 0.25) is 0 Å². The van der Waals surface area contributed by atoms with Crippen molar-refractivity contribution >= 4 is 37.3 Å². The molecule has 6 nitrogen and oxygen atoms in total. The lowest BCUT2D eigenvalue weighted by Gasteiger charge is -2.06. The van der Waals surface area contributed by atoms with Crippen molar-refractivity contribution in [2.24, 2.45) is 4.99 Å². The van der Waals surface area contributed by atoms with E-state index in [4.69, 9.17) is 4.74 Å². The molecule has 2 aromatic carbocycles. The number of rotatable bonds is 7. The molecule has 1 aromatic heterocycles. The first kappa shape index (κ1) is 21.4. The van der Waals surface area contributed by atoms with Crippen molar-refractivity contribution in [3.63, 3.8) is 0 Å². The SMILES string of the molecule is CCOCCn1c(=NC(=O)c2cccc(S(=O)(=O)CC)c2)sc2cccc(F)c21. The predicted molar refractivity (Wildman–Crippen MR) is 110 cm³/mol. The summed E-state index contributed by atoms with van der Waals surface area (Å²) in [5.41, 5.74) is 0.528. The molecule has 0 aliphatic rings. The third kappa shape index (κ3) is 4.63. The third-order valence-corrected chi connectivity index (χ3v) is 7.11. The van der Waals surface area contributed by atoms with Crippen LogP contribution in [0, 0.1) is 5.82 Å². The third-order valence-electron chi connectivity index (χ3n) is 4.33. The molecule has 0 saturated carbocycles. The quantitative estimate of drug-likeness (QED) is 0.532. The molecule has 0 bridgehead atoms. The number of para-hydroxylation sites is 1. The minimum atomic E-state index is -3.44. The lowest BCUT2D eigenvalue weighted by atomic mass is 10.2. The molecule has 0 atom stereocenters. The highest BCUT2D eigenvalue weighted by molar-refractivity contribution is 7.91. The van der Waals surface area contributed by atoms with Gasteiger partial charge in [-0.1, -0.05) is 30.4 Å². The smallest absolute Gasteiger partial charge is 0.279 e. The predicted octanol–water partition coefficient (Wildman–Crippen LogP) is 3.41. The average molecular weight is 437 g/mol. The first-order valence-corrected chi connectivity index (χ1v) is 11.6. The highest BCUT2D eigenvalue weighted by Crippen LogP contribution is 2.21. The van der Waals surface area contributed by atoms with E-state index >= 15 is 0 Å². The van der Waals surface area contributed by atoms with Crippen LogP contribution in [0.3, 0.4) is 0 Å². The van der Waals surface area contributed by atoms with Crippen LogP contribution in [-0.2, 0) is 21.1 Å². The van der Waals surface area contributed by atoms with Gasteiger partial charge in [0.25, 0.3) is 5.91 Å². The zero-order valence-corrected chi connectivity index (χ0v) is 17.7. The summed E-state index contributed by atoms with van der Waals surface area (Å²) in [6, 6.07) is 10.5. The van der Waals surface area contributed by atoms with Crippen molar-refractivity contribution in [1.29, 1.82) is 0 Å². The number of fused-ring (bicyclic) bond motifs is 1. The number of carbonyl (C=O) groups is 1. The molecule has 154 valence electrons. The Labute approximate surface area is 172 Å². The Morgan fingerprint density at radius 3 is 2.69 bits per heavy atom. The summed E-state index contributed by atoms with van der Waals surface area (Å²) in [4.78, 5) is 17.3. The van der Waals surface area contributed by atoms with Crippen LogP contribution in [0.25, 0.3) is 10.2 Å². The molecule has 0 fully saturated rings. The Kier molecular flexibility index (Phi) is 6.61. The van der Waals surface area contributed by atoms with E-state index in [1.165, 1.54) is 41.7 Å². The molecule has 1 amide bonds. The summed E-state index contributed by atoms with van der Waals surface area (Å²) in [6.07, 6.45) is 0. The molecule has 3 aromatic rings. The van der Waals surface area contributed by atoms with Gasteiger partial charge in [-0.05, 0) is 37.3 Å². The van der Waals surface area contributed by atoms with Gasteiger partial charge < -0.3 is 9.30 Å². The summed E-state index contributed by atoms with van der Waals surface area (Å²) in [7, 11) is -3.44. The van der Waals surface area contributed by atoms with Crippen molar-refractivity contribution in [3.05, 3.63) is 58.6 Å². The van der Waals surface area contributed by atoms with Gasteiger partial charge in [0.15, 0.2) is 14.6 Å². The number of amides is 1. The van der Waals surface area contributed by atoms with E-state index in [1.807, 2.05) is 6.92 Å². The van der Waals surface area contributed by atoms with E-state index in [9.17, 15) is 17.6 Å². The number of carbonyl (C=O) groups excluding carboxylic acids is 1. The minimum absolute atomic E-state index is 0.0607. The number of ether oxygens (including phenoxy) is 1. The highest BCUT2D eigenvalue weighted by Gasteiger charge is 2.16. The molecule has 3 rings (SSSR count). The first-order valence-electron chi connectivity index (χ1n) is 9.15. The van der Waals surface area contributed by atoms with E-state index in [0.29, 0.717) is 34.8 Å². The lowest BCUT2D eigenvalue weighted by molar-refractivity contribution is 0.0996. The molecule has 0 aliphatic heterocycles. The Morgan fingerprint density at radius 2 is 1.97 bits per heavy atom. The molecule has 0 radical (unpaired) electrons. The molecule has 0 aliphatic carbocycles. The summed E-state index contributed by atoms with van der Waals surface area (Å²) in [6.45, 7) is 4.62. The Bertz CT molecular complexity index is 1210. The Balaban J connectivity index is 2.08. The maximum Gasteiger partial charge on any atom is 0.279 e. The number of benzene rings is 2. The lowest BCUT2D eigenvalue weighted by Crippen LogP contribution is -2.20. The molecule has 9 heteroatoms. The van der Waals surface area contributed by atoms with Gasteiger partial charge in [-0.15, -0.1) is 0 Å². The fraction of sp³-hybridized carbons (Fsp3) is 0.300. The van der Waals surface area contributed by atoms with E-state index in [0.717, 1.165) is 0 Å². The van der Waals surface area contributed by atoms with Gasteiger partial charge in [0.2, 0.25) is 0 Å². The summed E-state index contributed by atoms with van der Waals surface area (Å²) in [5, 5.41) is 0. The normalized spacial score (nSPS) is 12.6. The van der Waals surface area contributed by atoms with Crippen molar-refractivity contribution < 1.29 is 22.3 Å². The van der Waals surface area contributed by atoms with E-state index < -0.39 is 21.6 Å². The van der Waals surface area contributed by atoms with Gasteiger partial charge in [-0.2, -0.15) is 4.99 Å². The van der Waals surface area contributed by atoms with Gasteiger partial charge in [0, 0.05) is 18.7 Å². The van der Waals surface area contributed by atoms with Crippen LogP contribution in [-0.4, -0.2) is 37.9 Å². The van der Waals surface area contributed by atoms with Crippen LogP contribution in [0.15, 0.2) is 52.4 Å². The maximum absolute atomic E-state index is 14.4. The van der Waals surface area contributed by atoms with Gasteiger partial charge in [0.05, 0.1) is 27.5 Å². The second kappa shape index (κ2) is 8.98. The maximum atomic E-state index is 14.4. The second-order valence-electron chi connectivity index (χ2n) is 6.17. The number of thiazole rings is 1. The molecule has 0 N–H and O–H groups in total. The summed E-state index contributed by atoms with van der Waals surface area (Å²) >= 11 is 1.20. The average Bonchev–Trinajstić information content (AvgIpc) is 3.06. The number of nitrogens with zero attached hydrogens (tertiary/aromatic N) is 2. The van der Waals surface area contributed by atoms with Crippen molar-refractivity contribution in [2.45, 2.75) is 25.3 Å². The fourth-order valence-corrected chi connectivity index (χ4v) is 4.82. The van der Waals surface area contributed by atoms with E-state index in [-0.39, 0.29) is 16.2 Å². The van der Waals surface area contributed by atoms with Gasteiger partial charge in [-0.25, -0.2) is 12.8 Å². The topological polar surface area (TPSA) is 77.7 Å². The molecule has 0 saturated heterocycles. The van der Waals surface area contributed by atoms with Crippen LogP contribution >= 0.6 is 11.3 Å². The molecule has 0 unspecified atom stereocenters. The number of aromatic nitrogens is 1. The highest BCUT2D eigenvalue weighted by atomic mass is 32.2. The van der Waals surface area contributed by atoms with Crippen LogP contribution in [0.5, 0.6) is 0 Å². The second-order valence-corrected chi connectivity index (χ2v) is 9.46. The molecule has 1 heterocycles. The number of halogens is 1. The van der Waals surface area contributed by atoms with Gasteiger partial charge >= 0.3 is 0 Å². The summed E-state index contributed by atoms with van der Waals surface area (Å²) in [5.74, 6) is -1.05. The van der Waals surface area contributed by atoms with Crippen LogP contribution in [0.4, 0.5) is 4.39 Å². The number of hydrogen-bond donors (Lipinski definition) is 0. The zero-order chi connectivity index (χ0) is 21.0. The standard InChI is InChI=1S/C20H21FN2O4S2/c1-3-27-12-11-23-18-16(21)9-6-10-17(18)28-20(23)22-19(24)14-7-5-8-15(13-14)29(25,26)4-2/h5-10,13H,3-4,11-12H2,1-2H3. The Morgan fingerprint density at radius 1 is 1.21 bits per heavy atom. The molecule has 0 spiro atoms. The van der Waals surface area contributed by atoms with Crippen LogP contribution < -0.4 is 4.80 Å².